The van der Waals surface area contributed by atoms with Gasteiger partial charge in [-0.15, -0.1) is 6.58 Å². The topological polar surface area (TPSA) is 70.7 Å². The number of benzene rings is 2. The minimum absolute atomic E-state index is 0.102. The Labute approximate surface area is 151 Å². The molecule has 0 radical (unpaired) electrons. The van der Waals surface area contributed by atoms with Gasteiger partial charge in [0.05, 0.1) is 13.7 Å². The fourth-order valence-electron chi connectivity index (χ4n) is 2.25. The lowest BCUT2D eigenvalue weighted by Gasteiger charge is -2.22. The van der Waals surface area contributed by atoms with Crippen LogP contribution in [0.25, 0.3) is 0 Å². The fourth-order valence-corrected chi connectivity index (χ4v) is 2.25. The molecule has 0 atom stereocenters. The average Bonchev–Trinajstić information content (AvgIpc) is 2.63. The normalized spacial score (nSPS) is 9.92. The Morgan fingerprint density at radius 3 is 2.50 bits per heavy atom. The number of nitrogens with one attached hydrogen (secondary N) is 2. The monoisotopic (exact) mass is 357 g/mol. The van der Waals surface area contributed by atoms with Crippen LogP contribution < -0.4 is 10.6 Å². The Morgan fingerprint density at radius 1 is 1.15 bits per heavy atom. The maximum absolute atomic E-state index is 13.9. The quantitative estimate of drug-likeness (QED) is 0.760. The standard InChI is InChI=1S/C19H20FN3O3/c1-3-11-23(13-14-7-4-5-10-17(14)20)18(24)21-15-8-6-9-16(12-15)22-19(25)26-2/h3-10,12H,1,11,13H2,2H3,(H,21,24)(H,22,25). The Bertz CT molecular complexity index is 795. The summed E-state index contributed by atoms with van der Waals surface area (Å²) < 4.78 is 18.4. The number of carbonyl (C=O) groups is 2. The van der Waals surface area contributed by atoms with E-state index in [1.807, 2.05) is 0 Å². The van der Waals surface area contributed by atoms with Gasteiger partial charge in [-0.05, 0) is 24.3 Å². The Balaban J connectivity index is 2.10. The minimum Gasteiger partial charge on any atom is -0.453 e. The third-order valence-electron chi connectivity index (χ3n) is 3.50. The molecule has 0 spiro atoms. The van der Waals surface area contributed by atoms with Crippen LogP contribution in [0.15, 0.2) is 61.2 Å². The number of nitrogens with zero attached hydrogens (tertiary/aromatic N) is 1. The van der Waals surface area contributed by atoms with Crippen molar-refractivity contribution in [1.29, 1.82) is 0 Å². The van der Waals surface area contributed by atoms with E-state index < -0.39 is 12.1 Å². The lowest BCUT2D eigenvalue weighted by atomic mass is 10.2. The number of hydrogen-bond acceptors (Lipinski definition) is 3. The summed E-state index contributed by atoms with van der Waals surface area (Å²) in [6.07, 6.45) is 0.955. The second-order valence-electron chi connectivity index (χ2n) is 5.39. The van der Waals surface area contributed by atoms with E-state index in [2.05, 4.69) is 21.9 Å². The highest BCUT2D eigenvalue weighted by atomic mass is 19.1. The molecule has 0 aliphatic heterocycles. The molecular weight excluding hydrogens is 337 g/mol. The van der Waals surface area contributed by atoms with Crippen LogP contribution in [0.3, 0.4) is 0 Å². The maximum atomic E-state index is 13.9. The Hall–Kier alpha value is -3.35. The molecule has 26 heavy (non-hydrogen) atoms. The maximum Gasteiger partial charge on any atom is 0.411 e. The van der Waals surface area contributed by atoms with Crippen molar-refractivity contribution in [2.45, 2.75) is 6.54 Å². The van der Waals surface area contributed by atoms with E-state index in [0.29, 0.717) is 16.9 Å². The van der Waals surface area contributed by atoms with Gasteiger partial charge >= 0.3 is 12.1 Å². The van der Waals surface area contributed by atoms with E-state index >= 15 is 0 Å². The van der Waals surface area contributed by atoms with Crippen molar-refractivity contribution in [1.82, 2.24) is 4.90 Å². The number of halogens is 1. The van der Waals surface area contributed by atoms with Gasteiger partial charge in [0.25, 0.3) is 0 Å². The zero-order valence-corrected chi connectivity index (χ0v) is 14.4. The molecule has 7 heteroatoms. The Kier molecular flexibility index (Phi) is 6.73. The van der Waals surface area contributed by atoms with E-state index in [1.165, 1.54) is 18.1 Å². The summed E-state index contributed by atoms with van der Waals surface area (Å²) in [5.41, 5.74) is 1.36. The summed E-state index contributed by atoms with van der Waals surface area (Å²) in [4.78, 5) is 25.2. The number of rotatable bonds is 6. The van der Waals surface area contributed by atoms with Crippen molar-refractivity contribution in [2.24, 2.45) is 0 Å². The lowest BCUT2D eigenvalue weighted by Crippen LogP contribution is -2.34. The smallest absolute Gasteiger partial charge is 0.411 e. The first kappa shape index (κ1) is 19.0. The predicted molar refractivity (Wildman–Crippen MR) is 98.5 cm³/mol. The molecule has 136 valence electrons. The highest BCUT2D eigenvalue weighted by Gasteiger charge is 2.15. The predicted octanol–water partition coefficient (Wildman–Crippen LogP) is 4.22. The molecule has 0 saturated carbocycles. The summed E-state index contributed by atoms with van der Waals surface area (Å²) in [5, 5.41) is 5.24. The summed E-state index contributed by atoms with van der Waals surface area (Å²) in [6.45, 7) is 3.99. The molecule has 0 bridgehead atoms. The molecule has 0 heterocycles. The fraction of sp³-hybridized carbons (Fsp3) is 0.158. The first-order valence-corrected chi connectivity index (χ1v) is 7.88. The second kappa shape index (κ2) is 9.22. The molecule has 0 saturated heterocycles. The van der Waals surface area contributed by atoms with Crippen LogP contribution in [0.5, 0.6) is 0 Å². The van der Waals surface area contributed by atoms with Crippen LogP contribution in [0.2, 0.25) is 0 Å². The van der Waals surface area contributed by atoms with Crippen molar-refractivity contribution in [3.63, 3.8) is 0 Å². The number of amides is 3. The third-order valence-corrected chi connectivity index (χ3v) is 3.50. The van der Waals surface area contributed by atoms with Gasteiger partial charge in [0.15, 0.2) is 0 Å². The molecule has 2 aromatic rings. The average molecular weight is 357 g/mol. The third kappa shape index (κ3) is 5.34. The minimum atomic E-state index is -0.610. The van der Waals surface area contributed by atoms with Crippen LogP contribution in [0.1, 0.15) is 5.56 Å². The van der Waals surface area contributed by atoms with Crippen LogP contribution in [0, 0.1) is 5.82 Å². The molecular formula is C19H20FN3O3. The molecule has 2 rings (SSSR count). The van der Waals surface area contributed by atoms with E-state index in [4.69, 9.17) is 0 Å². The number of urea groups is 1. The zero-order chi connectivity index (χ0) is 18.9. The molecule has 0 aliphatic carbocycles. The van der Waals surface area contributed by atoms with Crippen molar-refractivity contribution >= 4 is 23.5 Å². The molecule has 3 amide bonds. The van der Waals surface area contributed by atoms with E-state index in [0.717, 1.165) is 0 Å². The van der Waals surface area contributed by atoms with Crippen molar-refractivity contribution < 1.29 is 18.7 Å². The van der Waals surface area contributed by atoms with Gasteiger partial charge < -0.3 is 15.0 Å². The van der Waals surface area contributed by atoms with E-state index in [-0.39, 0.29) is 18.9 Å². The highest BCUT2D eigenvalue weighted by Crippen LogP contribution is 2.17. The van der Waals surface area contributed by atoms with Crippen LogP contribution in [-0.2, 0) is 11.3 Å². The van der Waals surface area contributed by atoms with Crippen LogP contribution >= 0.6 is 0 Å². The van der Waals surface area contributed by atoms with Crippen molar-refractivity contribution in [2.75, 3.05) is 24.3 Å². The highest BCUT2D eigenvalue weighted by molar-refractivity contribution is 5.91. The van der Waals surface area contributed by atoms with Crippen molar-refractivity contribution in [3.05, 3.63) is 72.6 Å². The molecule has 2 aromatic carbocycles. The van der Waals surface area contributed by atoms with Crippen LogP contribution in [-0.4, -0.2) is 30.7 Å². The number of hydrogen-bond donors (Lipinski definition) is 2. The van der Waals surface area contributed by atoms with Gasteiger partial charge in [-0.3, -0.25) is 5.32 Å². The lowest BCUT2D eigenvalue weighted by molar-refractivity contribution is 0.187. The van der Waals surface area contributed by atoms with Gasteiger partial charge in [-0.25, -0.2) is 14.0 Å². The van der Waals surface area contributed by atoms with E-state index in [1.54, 1.807) is 48.5 Å². The SMILES string of the molecule is C=CCN(Cc1ccccc1F)C(=O)Nc1cccc(NC(=O)OC)c1. The molecule has 0 fully saturated rings. The first-order chi connectivity index (χ1) is 12.5. The first-order valence-electron chi connectivity index (χ1n) is 7.88. The summed E-state index contributed by atoms with van der Waals surface area (Å²) >= 11 is 0. The van der Waals surface area contributed by atoms with E-state index in [9.17, 15) is 14.0 Å². The zero-order valence-electron chi connectivity index (χ0n) is 14.4. The van der Waals surface area contributed by atoms with Crippen molar-refractivity contribution in [3.8, 4) is 0 Å². The molecule has 6 nitrogen and oxygen atoms in total. The second-order valence-corrected chi connectivity index (χ2v) is 5.39. The molecule has 0 aromatic heterocycles. The summed E-state index contributed by atoms with van der Waals surface area (Å²) in [5.74, 6) is -0.376. The van der Waals surface area contributed by atoms with Crippen LogP contribution in [0.4, 0.5) is 25.4 Å². The molecule has 2 N–H and O–H groups in total. The van der Waals surface area contributed by atoms with Gasteiger partial charge in [0.2, 0.25) is 0 Å². The van der Waals surface area contributed by atoms with Gasteiger partial charge in [-0.1, -0.05) is 30.3 Å². The Morgan fingerprint density at radius 2 is 1.85 bits per heavy atom. The molecule has 0 aliphatic rings. The van der Waals surface area contributed by atoms with Gasteiger partial charge in [0, 0.05) is 23.5 Å². The number of methoxy groups -OCH3 is 1. The largest absolute Gasteiger partial charge is 0.453 e. The molecule has 0 unspecified atom stereocenters. The number of carbonyl (C=O) groups excluding carboxylic acids is 2. The summed E-state index contributed by atoms with van der Waals surface area (Å²) in [6, 6.07) is 12.5. The summed E-state index contributed by atoms with van der Waals surface area (Å²) in [7, 11) is 1.26. The number of ether oxygens (including phenoxy) is 1. The number of anilines is 2. The van der Waals surface area contributed by atoms with Gasteiger partial charge in [-0.2, -0.15) is 0 Å². The van der Waals surface area contributed by atoms with Gasteiger partial charge in [0.1, 0.15) is 5.82 Å².